The van der Waals surface area contributed by atoms with Gasteiger partial charge in [0, 0.05) is 11.1 Å². The predicted octanol–water partition coefficient (Wildman–Crippen LogP) is 4.53. The van der Waals surface area contributed by atoms with Crippen molar-refractivity contribution < 1.29 is 18.5 Å². The number of phosphoric acid groups is 1. The highest BCUT2D eigenvalue weighted by molar-refractivity contribution is 7.48. The van der Waals surface area contributed by atoms with Crippen molar-refractivity contribution in [3.8, 4) is 11.5 Å². The molecule has 0 saturated carbocycles. The van der Waals surface area contributed by atoms with Gasteiger partial charge >= 0.3 is 7.82 Å². The number of hydrogen-bond acceptors (Lipinski definition) is 3. The van der Waals surface area contributed by atoms with E-state index < -0.39 is 7.82 Å². The minimum Gasteiger partial charge on any atom is -0.395 e. The molecule has 108 valence electrons. The minimum atomic E-state index is -4.31. The van der Waals surface area contributed by atoms with Gasteiger partial charge in [0.15, 0.2) is 0 Å². The molecular formula is C16H15O4P. The van der Waals surface area contributed by atoms with Crippen LogP contribution in [0.2, 0.25) is 0 Å². The fraction of sp³-hybridized carbons (Fsp3) is 0. The van der Waals surface area contributed by atoms with E-state index in [1.807, 2.05) is 0 Å². The summed E-state index contributed by atoms with van der Waals surface area (Å²) >= 11 is 0. The Morgan fingerprint density at radius 3 is 1.62 bits per heavy atom. The molecule has 2 aromatic carbocycles. The summed E-state index contributed by atoms with van der Waals surface area (Å²) in [5.41, 5.74) is 1.21. The lowest BCUT2D eigenvalue weighted by Gasteiger charge is -2.16. The Bertz CT molecular complexity index is 651. The summed E-state index contributed by atoms with van der Waals surface area (Å²) in [6.07, 6.45) is 3.07. The van der Waals surface area contributed by atoms with Crippen LogP contribution in [0.15, 0.2) is 61.7 Å². The molecule has 5 heteroatoms. The maximum absolute atomic E-state index is 12.1. The standard InChI is InChI=1S/C16H15O4P/c1-3-13-9-5-7-11-15(13)19-21(17,18)20-16-12-8-6-10-14(16)4-2/h3-12H,1-2H2,(H,17,18). The molecule has 0 saturated heterocycles. The quantitative estimate of drug-likeness (QED) is 0.796. The molecule has 0 aliphatic carbocycles. The van der Waals surface area contributed by atoms with Gasteiger partial charge in [0.25, 0.3) is 0 Å². The Hall–Kier alpha value is -2.29. The Morgan fingerprint density at radius 2 is 1.24 bits per heavy atom. The Labute approximate surface area is 123 Å². The maximum atomic E-state index is 12.1. The molecule has 0 radical (unpaired) electrons. The Balaban J connectivity index is 2.24. The molecule has 2 rings (SSSR count). The summed E-state index contributed by atoms with van der Waals surface area (Å²) in [7, 11) is -4.31. The van der Waals surface area contributed by atoms with Crippen LogP contribution in [0.3, 0.4) is 0 Å². The van der Waals surface area contributed by atoms with E-state index in [1.165, 1.54) is 12.2 Å². The Morgan fingerprint density at radius 1 is 0.857 bits per heavy atom. The van der Waals surface area contributed by atoms with E-state index in [4.69, 9.17) is 9.05 Å². The van der Waals surface area contributed by atoms with Gasteiger partial charge in [-0.2, -0.15) is 0 Å². The van der Waals surface area contributed by atoms with Gasteiger partial charge in [0.05, 0.1) is 0 Å². The first kappa shape index (κ1) is 15.1. The molecule has 21 heavy (non-hydrogen) atoms. The SMILES string of the molecule is C=Cc1ccccc1OP(=O)(O)Oc1ccccc1C=C. The average molecular weight is 302 g/mol. The van der Waals surface area contributed by atoms with Crippen molar-refractivity contribution >= 4 is 20.0 Å². The van der Waals surface area contributed by atoms with Crippen molar-refractivity contribution in [2.45, 2.75) is 0 Å². The van der Waals surface area contributed by atoms with Crippen molar-refractivity contribution in [2.24, 2.45) is 0 Å². The minimum absolute atomic E-state index is 0.231. The summed E-state index contributed by atoms with van der Waals surface area (Å²) < 4.78 is 22.4. The van der Waals surface area contributed by atoms with Gasteiger partial charge in [-0.1, -0.05) is 61.7 Å². The Kier molecular flexibility index (Phi) is 4.63. The largest absolute Gasteiger partial charge is 0.584 e. The van der Waals surface area contributed by atoms with Crippen LogP contribution >= 0.6 is 7.82 Å². The third-order valence-corrected chi connectivity index (χ3v) is 3.56. The molecule has 0 spiro atoms. The molecule has 0 aliphatic rings. The second-order valence-electron chi connectivity index (χ2n) is 4.14. The lowest BCUT2D eigenvalue weighted by atomic mass is 10.2. The van der Waals surface area contributed by atoms with E-state index in [1.54, 1.807) is 48.5 Å². The van der Waals surface area contributed by atoms with Crippen LogP contribution in [0.4, 0.5) is 0 Å². The predicted molar refractivity (Wildman–Crippen MR) is 84.1 cm³/mol. The molecule has 0 atom stereocenters. The van der Waals surface area contributed by atoms with Gasteiger partial charge in [-0.15, -0.1) is 0 Å². The molecule has 0 unspecified atom stereocenters. The topological polar surface area (TPSA) is 55.8 Å². The summed E-state index contributed by atoms with van der Waals surface area (Å²) in [5.74, 6) is 0.462. The first-order chi connectivity index (χ1) is 10.1. The highest BCUT2D eigenvalue weighted by Crippen LogP contribution is 2.46. The average Bonchev–Trinajstić information content (AvgIpc) is 2.47. The smallest absolute Gasteiger partial charge is 0.395 e. The number of hydrogen-bond donors (Lipinski definition) is 1. The first-order valence-corrected chi connectivity index (χ1v) is 7.70. The number of rotatable bonds is 6. The summed E-state index contributed by atoms with van der Waals surface area (Å²) in [4.78, 5) is 9.90. The fourth-order valence-corrected chi connectivity index (χ4v) is 2.60. The normalized spacial score (nSPS) is 10.7. The molecule has 0 bridgehead atoms. The molecule has 0 heterocycles. The molecule has 2 aromatic rings. The van der Waals surface area contributed by atoms with Crippen LogP contribution in [-0.2, 0) is 4.57 Å². The van der Waals surface area contributed by atoms with E-state index >= 15 is 0 Å². The molecule has 0 aromatic heterocycles. The molecular weight excluding hydrogens is 287 g/mol. The zero-order valence-corrected chi connectivity index (χ0v) is 12.2. The summed E-state index contributed by atoms with van der Waals surface area (Å²) in [6, 6.07) is 13.5. The van der Waals surface area contributed by atoms with Crippen molar-refractivity contribution in [3.05, 3.63) is 72.8 Å². The lowest BCUT2D eigenvalue weighted by Crippen LogP contribution is -2.01. The monoisotopic (exact) mass is 302 g/mol. The van der Waals surface area contributed by atoms with Gasteiger partial charge in [-0.25, -0.2) is 4.57 Å². The van der Waals surface area contributed by atoms with Gasteiger partial charge in [-0.05, 0) is 12.1 Å². The molecule has 1 N–H and O–H groups in total. The third-order valence-electron chi connectivity index (χ3n) is 2.71. The number of benzene rings is 2. The van der Waals surface area contributed by atoms with Crippen molar-refractivity contribution in [1.82, 2.24) is 0 Å². The summed E-state index contributed by atoms with van der Waals surface area (Å²) in [5, 5.41) is 0. The van der Waals surface area contributed by atoms with Crippen LogP contribution in [0.1, 0.15) is 11.1 Å². The second kappa shape index (κ2) is 6.44. The van der Waals surface area contributed by atoms with Gasteiger partial charge in [0.1, 0.15) is 11.5 Å². The molecule has 0 aliphatic heterocycles. The molecule has 4 nitrogen and oxygen atoms in total. The highest BCUT2D eigenvalue weighted by Gasteiger charge is 2.26. The number of para-hydroxylation sites is 2. The lowest BCUT2D eigenvalue weighted by molar-refractivity contribution is 0.290. The first-order valence-electron chi connectivity index (χ1n) is 6.20. The van der Waals surface area contributed by atoms with Crippen LogP contribution < -0.4 is 9.05 Å². The van der Waals surface area contributed by atoms with Crippen molar-refractivity contribution in [3.63, 3.8) is 0 Å². The van der Waals surface area contributed by atoms with E-state index in [2.05, 4.69) is 13.2 Å². The maximum Gasteiger partial charge on any atom is 0.584 e. The number of phosphoric ester groups is 1. The van der Waals surface area contributed by atoms with Crippen LogP contribution in [-0.4, -0.2) is 4.89 Å². The summed E-state index contributed by atoms with van der Waals surface area (Å²) in [6.45, 7) is 7.26. The van der Waals surface area contributed by atoms with Crippen molar-refractivity contribution in [2.75, 3.05) is 0 Å². The van der Waals surface area contributed by atoms with Crippen LogP contribution in [0.25, 0.3) is 12.2 Å². The van der Waals surface area contributed by atoms with E-state index in [0.29, 0.717) is 11.1 Å². The van der Waals surface area contributed by atoms with Gasteiger partial charge in [-0.3, -0.25) is 4.89 Å². The van der Waals surface area contributed by atoms with Gasteiger partial charge < -0.3 is 9.05 Å². The zero-order chi connectivity index (χ0) is 15.3. The fourth-order valence-electron chi connectivity index (χ4n) is 1.73. The van der Waals surface area contributed by atoms with E-state index in [0.717, 1.165) is 0 Å². The van der Waals surface area contributed by atoms with E-state index in [-0.39, 0.29) is 11.5 Å². The van der Waals surface area contributed by atoms with E-state index in [9.17, 15) is 9.46 Å². The van der Waals surface area contributed by atoms with Gasteiger partial charge in [0.2, 0.25) is 0 Å². The molecule has 0 amide bonds. The van der Waals surface area contributed by atoms with Crippen molar-refractivity contribution in [1.29, 1.82) is 0 Å². The van der Waals surface area contributed by atoms with Crippen LogP contribution in [0, 0.1) is 0 Å². The highest BCUT2D eigenvalue weighted by atomic mass is 31.2. The van der Waals surface area contributed by atoms with Crippen LogP contribution in [0.5, 0.6) is 11.5 Å². The second-order valence-corrected chi connectivity index (χ2v) is 5.44. The zero-order valence-electron chi connectivity index (χ0n) is 11.3. The molecule has 0 fully saturated rings. The third kappa shape index (κ3) is 3.85.